The SMILES string of the molecule is CCC1=C(CC)C(OC)c2c(OC)cccc21. The molecule has 1 aromatic rings. The molecule has 0 spiro atoms. The fourth-order valence-electron chi connectivity index (χ4n) is 2.84. The molecule has 0 N–H and O–H groups in total. The summed E-state index contributed by atoms with van der Waals surface area (Å²) in [7, 11) is 3.49. The van der Waals surface area contributed by atoms with Crippen LogP contribution in [0, 0.1) is 0 Å². The maximum atomic E-state index is 5.68. The molecule has 0 amide bonds. The molecular formula is C15H20O2. The molecule has 0 aliphatic heterocycles. The van der Waals surface area contributed by atoms with Crippen molar-refractivity contribution in [3.8, 4) is 5.75 Å². The molecule has 17 heavy (non-hydrogen) atoms. The van der Waals surface area contributed by atoms with Gasteiger partial charge in [-0.25, -0.2) is 0 Å². The zero-order valence-electron chi connectivity index (χ0n) is 11.0. The van der Waals surface area contributed by atoms with Gasteiger partial charge >= 0.3 is 0 Å². The van der Waals surface area contributed by atoms with Gasteiger partial charge in [0.05, 0.1) is 7.11 Å². The van der Waals surface area contributed by atoms with Crippen molar-refractivity contribution in [1.29, 1.82) is 0 Å². The lowest BCUT2D eigenvalue weighted by atomic mass is 10.0. The molecule has 1 aromatic carbocycles. The molecule has 2 nitrogen and oxygen atoms in total. The van der Waals surface area contributed by atoms with Gasteiger partial charge in [-0.2, -0.15) is 0 Å². The largest absolute Gasteiger partial charge is 0.496 e. The third-order valence-electron chi connectivity index (χ3n) is 3.55. The van der Waals surface area contributed by atoms with E-state index < -0.39 is 0 Å². The number of allylic oxidation sites excluding steroid dienone is 1. The normalized spacial score (nSPS) is 18.5. The van der Waals surface area contributed by atoms with Crippen molar-refractivity contribution in [3.05, 3.63) is 34.9 Å². The summed E-state index contributed by atoms with van der Waals surface area (Å²) in [5.41, 5.74) is 5.32. The Kier molecular flexibility index (Phi) is 3.53. The first-order valence-electron chi connectivity index (χ1n) is 6.20. The molecule has 0 heterocycles. The van der Waals surface area contributed by atoms with Crippen molar-refractivity contribution in [2.24, 2.45) is 0 Å². The smallest absolute Gasteiger partial charge is 0.125 e. The Labute approximate surface area is 103 Å². The van der Waals surface area contributed by atoms with Crippen LogP contribution in [0.4, 0.5) is 0 Å². The average molecular weight is 232 g/mol. The van der Waals surface area contributed by atoms with Gasteiger partial charge in [-0.05, 0) is 35.6 Å². The minimum absolute atomic E-state index is 0.0705. The third kappa shape index (κ3) is 1.77. The summed E-state index contributed by atoms with van der Waals surface area (Å²) in [4.78, 5) is 0. The highest BCUT2D eigenvalue weighted by Gasteiger charge is 2.31. The first-order chi connectivity index (χ1) is 8.28. The molecule has 92 valence electrons. The van der Waals surface area contributed by atoms with Crippen LogP contribution < -0.4 is 4.74 Å². The average Bonchev–Trinajstić information content (AvgIpc) is 2.70. The predicted molar refractivity (Wildman–Crippen MR) is 70.2 cm³/mol. The van der Waals surface area contributed by atoms with Crippen molar-refractivity contribution in [2.75, 3.05) is 14.2 Å². The third-order valence-corrected chi connectivity index (χ3v) is 3.55. The molecule has 1 unspecified atom stereocenters. The van der Waals surface area contributed by atoms with Gasteiger partial charge in [-0.1, -0.05) is 26.0 Å². The standard InChI is InChI=1S/C15H20O2/c1-5-10-11(6-2)15(17-4)14-12(10)8-7-9-13(14)16-3/h7-9,15H,5-6H2,1-4H3. The summed E-state index contributed by atoms with van der Waals surface area (Å²) in [6, 6.07) is 6.24. The van der Waals surface area contributed by atoms with Gasteiger partial charge in [0.2, 0.25) is 0 Å². The first-order valence-corrected chi connectivity index (χ1v) is 6.20. The minimum Gasteiger partial charge on any atom is -0.496 e. The van der Waals surface area contributed by atoms with Crippen LogP contribution in [0.2, 0.25) is 0 Å². The number of rotatable bonds is 4. The van der Waals surface area contributed by atoms with Gasteiger partial charge in [0.1, 0.15) is 11.9 Å². The van der Waals surface area contributed by atoms with E-state index in [0.717, 1.165) is 18.6 Å². The molecule has 0 bridgehead atoms. The minimum atomic E-state index is 0.0705. The van der Waals surface area contributed by atoms with Gasteiger partial charge in [-0.3, -0.25) is 0 Å². The van der Waals surface area contributed by atoms with Crippen molar-refractivity contribution >= 4 is 5.57 Å². The molecule has 2 rings (SSSR count). The Morgan fingerprint density at radius 2 is 1.88 bits per heavy atom. The van der Waals surface area contributed by atoms with E-state index in [1.54, 1.807) is 14.2 Å². The zero-order valence-corrected chi connectivity index (χ0v) is 11.0. The summed E-state index contributed by atoms with van der Waals surface area (Å²) in [6.45, 7) is 4.39. The number of hydrogen-bond acceptors (Lipinski definition) is 2. The molecule has 0 aromatic heterocycles. The predicted octanol–water partition coefficient (Wildman–Crippen LogP) is 3.97. The molecule has 0 radical (unpaired) electrons. The van der Waals surface area contributed by atoms with E-state index in [2.05, 4.69) is 26.0 Å². The van der Waals surface area contributed by atoms with Crippen LogP contribution in [0.15, 0.2) is 23.8 Å². The Bertz CT molecular complexity index is 446. The van der Waals surface area contributed by atoms with E-state index in [1.165, 1.54) is 22.3 Å². The molecular weight excluding hydrogens is 212 g/mol. The molecule has 1 aliphatic carbocycles. The molecule has 1 aliphatic rings. The second kappa shape index (κ2) is 4.92. The van der Waals surface area contributed by atoms with Gasteiger partial charge in [0.15, 0.2) is 0 Å². The first kappa shape index (κ1) is 12.2. The topological polar surface area (TPSA) is 18.5 Å². The van der Waals surface area contributed by atoms with E-state index in [4.69, 9.17) is 9.47 Å². The maximum absolute atomic E-state index is 5.68. The molecule has 0 saturated carbocycles. The van der Waals surface area contributed by atoms with Crippen LogP contribution in [-0.4, -0.2) is 14.2 Å². The number of ether oxygens (including phenoxy) is 2. The van der Waals surface area contributed by atoms with Crippen molar-refractivity contribution in [3.63, 3.8) is 0 Å². The lowest BCUT2D eigenvalue weighted by Crippen LogP contribution is -2.03. The summed E-state index contributed by atoms with van der Waals surface area (Å²) in [5.74, 6) is 0.934. The van der Waals surface area contributed by atoms with Crippen molar-refractivity contribution in [2.45, 2.75) is 32.8 Å². The highest BCUT2D eigenvalue weighted by atomic mass is 16.5. The lowest BCUT2D eigenvalue weighted by molar-refractivity contribution is 0.131. The number of benzene rings is 1. The monoisotopic (exact) mass is 232 g/mol. The van der Waals surface area contributed by atoms with Gasteiger partial charge in [-0.15, -0.1) is 0 Å². The second-order valence-electron chi connectivity index (χ2n) is 4.25. The molecule has 0 saturated heterocycles. The van der Waals surface area contributed by atoms with Crippen LogP contribution >= 0.6 is 0 Å². The van der Waals surface area contributed by atoms with Crippen LogP contribution in [0.1, 0.15) is 43.9 Å². The summed E-state index contributed by atoms with van der Waals surface area (Å²) in [5, 5.41) is 0. The zero-order chi connectivity index (χ0) is 12.4. The Morgan fingerprint density at radius 3 is 2.41 bits per heavy atom. The number of methoxy groups -OCH3 is 2. The maximum Gasteiger partial charge on any atom is 0.125 e. The van der Waals surface area contributed by atoms with Gasteiger partial charge in [0.25, 0.3) is 0 Å². The second-order valence-corrected chi connectivity index (χ2v) is 4.25. The Balaban J connectivity index is 2.62. The van der Waals surface area contributed by atoms with E-state index in [1.807, 2.05) is 6.07 Å². The fourth-order valence-corrected chi connectivity index (χ4v) is 2.84. The van der Waals surface area contributed by atoms with E-state index in [0.29, 0.717) is 0 Å². The van der Waals surface area contributed by atoms with E-state index in [-0.39, 0.29) is 6.10 Å². The van der Waals surface area contributed by atoms with E-state index in [9.17, 15) is 0 Å². The highest BCUT2D eigenvalue weighted by molar-refractivity contribution is 5.79. The molecule has 1 atom stereocenters. The molecule has 0 fully saturated rings. The van der Waals surface area contributed by atoms with Crippen molar-refractivity contribution < 1.29 is 9.47 Å². The Hall–Kier alpha value is -1.28. The summed E-state index contributed by atoms with van der Waals surface area (Å²) < 4.78 is 11.1. The lowest BCUT2D eigenvalue weighted by Gasteiger charge is -2.16. The molecule has 2 heteroatoms. The summed E-state index contributed by atoms with van der Waals surface area (Å²) >= 11 is 0. The van der Waals surface area contributed by atoms with Crippen LogP contribution in [0.3, 0.4) is 0 Å². The van der Waals surface area contributed by atoms with Crippen molar-refractivity contribution in [1.82, 2.24) is 0 Å². The van der Waals surface area contributed by atoms with Crippen LogP contribution in [0.5, 0.6) is 5.75 Å². The fraction of sp³-hybridized carbons (Fsp3) is 0.467. The van der Waals surface area contributed by atoms with Gasteiger partial charge in [0, 0.05) is 12.7 Å². The quantitative estimate of drug-likeness (QED) is 0.782. The number of hydrogen-bond donors (Lipinski definition) is 0. The number of fused-ring (bicyclic) bond motifs is 1. The van der Waals surface area contributed by atoms with E-state index >= 15 is 0 Å². The van der Waals surface area contributed by atoms with Crippen LogP contribution in [0.25, 0.3) is 5.57 Å². The highest BCUT2D eigenvalue weighted by Crippen LogP contribution is 2.48. The Morgan fingerprint density at radius 1 is 1.12 bits per heavy atom. The summed E-state index contributed by atoms with van der Waals surface area (Å²) in [6.07, 6.45) is 2.14. The van der Waals surface area contributed by atoms with Gasteiger partial charge < -0.3 is 9.47 Å². The van der Waals surface area contributed by atoms with Crippen LogP contribution in [-0.2, 0) is 4.74 Å².